The standard InChI is InChI=1S/C8H9N5/c1-13(8-9-5-6-10-8)7-3-2-4-11-12-7/h2-6H,1H3,(H,9,10). The molecule has 0 aliphatic heterocycles. The van der Waals surface area contributed by atoms with Crippen LogP contribution in [0.2, 0.25) is 0 Å². The number of hydrogen-bond donors (Lipinski definition) is 1. The van der Waals surface area contributed by atoms with Gasteiger partial charge >= 0.3 is 0 Å². The molecule has 13 heavy (non-hydrogen) atoms. The summed E-state index contributed by atoms with van der Waals surface area (Å²) in [6.07, 6.45) is 5.10. The van der Waals surface area contributed by atoms with Gasteiger partial charge in [0.25, 0.3) is 0 Å². The van der Waals surface area contributed by atoms with Gasteiger partial charge in [-0.05, 0) is 12.1 Å². The van der Waals surface area contributed by atoms with E-state index in [2.05, 4.69) is 20.2 Å². The van der Waals surface area contributed by atoms with E-state index in [0.29, 0.717) is 0 Å². The monoisotopic (exact) mass is 175 g/mol. The van der Waals surface area contributed by atoms with Crippen molar-refractivity contribution in [2.45, 2.75) is 0 Å². The van der Waals surface area contributed by atoms with Crippen LogP contribution in [0.4, 0.5) is 11.8 Å². The normalized spacial score (nSPS) is 9.92. The van der Waals surface area contributed by atoms with Crippen LogP contribution in [0, 0.1) is 0 Å². The van der Waals surface area contributed by atoms with Gasteiger partial charge in [0.2, 0.25) is 5.95 Å². The van der Waals surface area contributed by atoms with E-state index in [1.54, 1.807) is 18.6 Å². The number of nitrogens with one attached hydrogen (secondary N) is 1. The molecule has 66 valence electrons. The predicted octanol–water partition coefficient (Wildman–Crippen LogP) is 0.968. The van der Waals surface area contributed by atoms with Crippen molar-refractivity contribution in [1.29, 1.82) is 0 Å². The van der Waals surface area contributed by atoms with Gasteiger partial charge in [-0.25, -0.2) is 4.98 Å². The van der Waals surface area contributed by atoms with E-state index in [1.165, 1.54) is 0 Å². The third kappa shape index (κ3) is 1.48. The molecule has 0 aliphatic rings. The molecule has 0 amide bonds. The van der Waals surface area contributed by atoms with Gasteiger partial charge in [-0.2, -0.15) is 5.10 Å². The fourth-order valence-corrected chi connectivity index (χ4v) is 1.02. The van der Waals surface area contributed by atoms with Crippen molar-refractivity contribution in [3.63, 3.8) is 0 Å². The summed E-state index contributed by atoms with van der Waals surface area (Å²) in [4.78, 5) is 8.90. The molecule has 0 radical (unpaired) electrons. The number of rotatable bonds is 2. The molecule has 5 heteroatoms. The second kappa shape index (κ2) is 3.22. The maximum Gasteiger partial charge on any atom is 0.208 e. The fraction of sp³-hybridized carbons (Fsp3) is 0.125. The number of aromatic nitrogens is 4. The topological polar surface area (TPSA) is 57.7 Å². The summed E-state index contributed by atoms with van der Waals surface area (Å²) < 4.78 is 0. The zero-order valence-corrected chi connectivity index (χ0v) is 7.18. The van der Waals surface area contributed by atoms with Crippen LogP contribution in [0.5, 0.6) is 0 Å². The van der Waals surface area contributed by atoms with Gasteiger partial charge in [0.1, 0.15) is 0 Å². The van der Waals surface area contributed by atoms with Crippen LogP contribution in [-0.2, 0) is 0 Å². The molecule has 0 fully saturated rings. The van der Waals surface area contributed by atoms with Crippen molar-refractivity contribution in [2.75, 3.05) is 11.9 Å². The van der Waals surface area contributed by atoms with Gasteiger partial charge < -0.3 is 4.98 Å². The second-order valence-corrected chi connectivity index (χ2v) is 2.55. The summed E-state index contributed by atoms with van der Waals surface area (Å²) in [6, 6.07) is 3.71. The van der Waals surface area contributed by atoms with E-state index in [1.807, 2.05) is 24.1 Å². The largest absolute Gasteiger partial charge is 0.331 e. The third-order valence-corrected chi connectivity index (χ3v) is 1.70. The first kappa shape index (κ1) is 7.72. The van der Waals surface area contributed by atoms with Crippen LogP contribution in [0.25, 0.3) is 0 Å². The lowest BCUT2D eigenvalue weighted by Crippen LogP contribution is -2.12. The van der Waals surface area contributed by atoms with E-state index in [0.717, 1.165) is 11.8 Å². The Bertz CT molecular complexity index is 355. The number of hydrogen-bond acceptors (Lipinski definition) is 4. The number of anilines is 2. The van der Waals surface area contributed by atoms with Crippen LogP contribution in [0.3, 0.4) is 0 Å². The number of imidazole rings is 1. The van der Waals surface area contributed by atoms with Gasteiger partial charge in [0.15, 0.2) is 5.82 Å². The second-order valence-electron chi connectivity index (χ2n) is 2.55. The van der Waals surface area contributed by atoms with Gasteiger partial charge in [0.05, 0.1) is 0 Å². The van der Waals surface area contributed by atoms with Crippen LogP contribution in [0.1, 0.15) is 0 Å². The Hall–Kier alpha value is -1.91. The van der Waals surface area contributed by atoms with Crippen molar-refractivity contribution in [1.82, 2.24) is 20.2 Å². The molecule has 0 aromatic carbocycles. The summed E-state index contributed by atoms with van der Waals surface area (Å²) in [6.45, 7) is 0. The molecule has 2 rings (SSSR count). The SMILES string of the molecule is CN(c1cccnn1)c1ncc[nH]1. The van der Waals surface area contributed by atoms with Gasteiger partial charge in [-0.1, -0.05) is 0 Å². The van der Waals surface area contributed by atoms with Crippen molar-refractivity contribution < 1.29 is 0 Å². The summed E-state index contributed by atoms with van der Waals surface area (Å²) in [5.74, 6) is 1.51. The molecule has 0 saturated carbocycles. The Balaban J connectivity index is 2.29. The molecule has 5 nitrogen and oxygen atoms in total. The van der Waals surface area contributed by atoms with E-state index < -0.39 is 0 Å². The highest BCUT2D eigenvalue weighted by Crippen LogP contribution is 2.14. The number of H-pyrrole nitrogens is 1. The zero-order chi connectivity index (χ0) is 9.10. The number of nitrogens with zero attached hydrogens (tertiary/aromatic N) is 4. The molecule has 0 spiro atoms. The number of aromatic amines is 1. The molecular weight excluding hydrogens is 166 g/mol. The van der Waals surface area contributed by atoms with Crippen LogP contribution in [-0.4, -0.2) is 27.2 Å². The lowest BCUT2D eigenvalue weighted by Gasteiger charge is -2.12. The first-order valence-electron chi connectivity index (χ1n) is 3.89. The molecule has 0 saturated heterocycles. The summed E-state index contributed by atoms with van der Waals surface area (Å²) >= 11 is 0. The molecule has 1 N–H and O–H groups in total. The van der Waals surface area contributed by atoms with Crippen molar-refractivity contribution >= 4 is 11.8 Å². The highest BCUT2D eigenvalue weighted by molar-refractivity contribution is 5.49. The highest BCUT2D eigenvalue weighted by atomic mass is 15.3. The van der Waals surface area contributed by atoms with Gasteiger partial charge in [0, 0.05) is 25.6 Å². The molecule has 2 aromatic heterocycles. The predicted molar refractivity (Wildman–Crippen MR) is 48.7 cm³/mol. The Labute approximate surface area is 75.4 Å². The molecule has 2 heterocycles. The molecule has 2 aromatic rings. The quantitative estimate of drug-likeness (QED) is 0.738. The minimum atomic E-state index is 0.750. The molecule has 0 atom stereocenters. The smallest absolute Gasteiger partial charge is 0.208 e. The Kier molecular flexibility index (Phi) is 1.91. The van der Waals surface area contributed by atoms with E-state index in [4.69, 9.17) is 0 Å². The average Bonchev–Trinajstić information content (AvgIpc) is 2.71. The van der Waals surface area contributed by atoms with Crippen molar-refractivity contribution in [3.05, 3.63) is 30.7 Å². The Morgan fingerprint density at radius 3 is 2.92 bits per heavy atom. The van der Waals surface area contributed by atoms with E-state index in [9.17, 15) is 0 Å². The summed E-state index contributed by atoms with van der Waals surface area (Å²) in [5, 5.41) is 7.73. The first-order valence-corrected chi connectivity index (χ1v) is 3.89. The Morgan fingerprint density at radius 2 is 2.31 bits per heavy atom. The third-order valence-electron chi connectivity index (χ3n) is 1.70. The minimum absolute atomic E-state index is 0.750. The van der Waals surface area contributed by atoms with E-state index >= 15 is 0 Å². The first-order chi connectivity index (χ1) is 6.38. The summed E-state index contributed by atoms with van der Waals surface area (Å²) in [7, 11) is 1.88. The molecule has 0 unspecified atom stereocenters. The van der Waals surface area contributed by atoms with Crippen molar-refractivity contribution in [3.8, 4) is 0 Å². The van der Waals surface area contributed by atoms with E-state index in [-0.39, 0.29) is 0 Å². The zero-order valence-electron chi connectivity index (χ0n) is 7.18. The maximum atomic E-state index is 4.10. The highest BCUT2D eigenvalue weighted by Gasteiger charge is 2.05. The fourth-order valence-electron chi connectivity index (χ4n) is 1.02. The summed E-state index contributed by atoms with van der Waals surface area (Å²) in [5.41, 5.74) is 0. The minimum Gasteiger partial charge on any atom is -0.331 e. The lowest BCUT2D eigenvalue weighted by molar-refractivity contribution is 0.965. The average molecular weight is 175 g/mol. The molecule has 0 bridgehead atoms. The lowest BCUT2D eigenvalue weighted by atomic mass is 10.5. The van der Waals surface area contributed by atoms with Crippen LogP contribution >= 0.6 is 0 Å². The van der Waals surface area contributed by atoms with Gasteiger partial charge in [-0.3, -0.25) is 4.90 Å². The Morgan fingerprint density at radius 1 is 1.38 bits per heavy atom. The van der Waals surface area contributed by atoms with Crippen molar-refractivity contribution in [2.24, 2.45) is 0 Å². The van der Waals surface area contributed by atoms with Gasteiger partial charge in [-0.15, -0.1) is 5.10 Å². The molecular formula is C8H9N5. The van der Waals surface area contributed by atoms with Crippen LogP contribution < -0.4 is 4.90 Å². The maximum absolute atomic E-state index is 4.10. The van der Waals surface area contributed by atoms with Crippen LogP contribution in [0.15, 0.2) is 30.7 Å². The molecule has 0 aliphatic carbocycles.